The second kappa shape index (κ2) is 20.6. The first-order valence-corrected chi connectivity index (χ1v) is 13.5. The fraction of sp³-hybridized carbons (Fsp3) is 0.909. The summed E-state index contributed by atoms with van der Waals surface area (Å²) in [5.41, 5.74) is 5.25. The molecule has 0 heterocycles. The third-order valence-electron chi connectivity index (χ3n) is 4.74. The molecular formula is C22H44NO8P. The lowest BCUT2D eigenvalue weighted by molar-refractivity contribution is -0.161. The van der Waals surface area contributed by atoms with Crippen LogP contribution in [0.3, 0.4) is 0 Å². The summed E-state index contributed by atoms with van der Waals surface area (Å²) >= 11 is 0. The van der Waals surface area contributed by atoms with Gasteiger partial charge in [0.15, 0.2) is 6.10 Å². The number of hydrogen-bond acceptors (Lipinski definition) is 8. The summed E-state index contributed by atoms with van der Waals surface area (Å²) in [5, 5.41) is 0. The first-order valence-electron chi connectivity index (χ1n) is 12.0. The Hall–Kier alpha value is -0.990. The minimum absolute atomic E-state index is 0.0559. The van der Waals surface area contributed by atoms with Crippen LogP contribution in [0.15, 0.2) is 0 Å². The Morgan fingerprint density at radius 2 is 1.34 bits per heavy atom. The number of ether oxygens (including phenoxy) is 2. The molecule has 10 heteroatoms. The Kier molecular flexibility index (Phi) is 20.0. The molecule has 0 bridgehead atoms. The van der Waals surface area contributed by atoms with Gasteiger partial charge in [-0.2, -0.15) is 0 Å². The lowest BCUT2D eigenvalue weighted by Gasteiger charge is -2.19. The molecular weight excluding hydrogens is 437 g/mol. The maximum Gasteiger partial charge on any atom is 0.472 e. The van der Waals surface area contributed by atoms with Crippen LogP contribution in [0.1, 0.15) is 97.3 Å². The summed E-state index contributed by atoms with van der Waals surface area (Å²) < 4.78 is 31.9. The standard InChI is InChI=1S/C22H44NO8P/c1-3-5-7-8-9-10-11-13-15-22(25)31-20(18-28-21(24)14-12-6-4-2)19-30-32(26,27)29-17-16-23/h20H,3-19,23H2,1-2H3,(H,26,27). The van der Waals surface area contributed by atoms with E-state index < -0.39 is 32.5 Å². The van der Waals surface area contributed by atoms with Crippen molar-refractivity contribution >= 4 is 19.8 Å². The summed E-state index contributed by atoms with van der Waals surface area (Å²) in [6.45, 7) is 3.45. The average Bonchev–Trinajstić information content (AvgIpc) is 2.76. The molecule has 3 N–H and O–H groups in total. The number of esters is 2. The van der Waals surface area contributed by atoms with Gasteiger partial charge in [-0.05, 0) is 12.8 Å². The van der Waals surface area contributed by atoms with E-state index in [0.29, 0.717) is 12.8 Å². The molecule has 0 aromatic heterocycles. The largest absolute Gasteiger partial charge is 0.472 e. The Labute approximate surface area is 193 Å². The van der Waals surface area contributed by atoms with Gasteiger partial charge < -0.3 is 20.1 Å². The van der Waals surface area contributed by atoms with Crippen molar-refractivity contribution < 1.29 is 37.6 Å². The van der Waals surface area contributed by atoms with Crippen molar-refractivity contribution in [2.24, 2.45) is 5.73 Å². The predicted molar refractivity (Wildman–Crippen MR) is 123 cm³/mol. The lowest BCUT2D eigenvalue weighted by atomic mass is 10.1. The third-order valence-corrected chi connectivity index (χ3v) is 5.73. The number of carbonyl (C=O) groups is 2. The first kappa shape index (κ1) is 31.0. The van der Waals surface area contributed by atoms with Crippen molar-refractivity contribution in [1.82, 2.24) is 0 Å². The van der Waals surface area contributed by atoms with Crippen molar-refractivity contribution in [3.8, 4) is 0 Å². The molecule has 0 aliphatic rings. The third kappa shape index (κ3) is 19.7. The average molecular weight is 482 g/mol. The smallest absolute Gasteiger partial charge is 0.462 e. The SMILES string of the molecule is CCCCCCCCCCC(=O)OC(COC(=O)CCCCC)COP(=O)(O)OCCN. The van der Waals surface area contributed by atoms with Crippen molar-refractivity contribution in [3.05, 3.63) is 0 Å². The zero-order valence-electron chi connectivity index (χ0n) is 19.9. The van der Waals surface area contributed by atoms with Crippen LogP contribution < -0.4 is 5.73 Å². The van der Waals surface area contributed by atoms with Crippen LogP contribution in [0.2, 0.25) is 0 Å². The zero-order valence-corrected chi connectivity index (χ0v) is 20.8. The summed E-state index contributed by atoms with van der Waals surface area (Å²) in [6.07, 6.45) is 10.9. The van der Waals surface area contributed by atoms with Crippen LogP contribution in [0.25, 0.3) is 0 Å². The second-order valence-electron chi connectivity index (χ2n) is 7.86. The van der Waals surface area contributed by atoms with Gasteiger partial charge in [-0.3, -0.25) is 18.6 Å². The Morgan fingerprint density at radius 1 is 0.812 bits per heavy atom. The normalized spacial score (nSPS) is 14.0. The maximum atomic E-state index is 12.2. The molecule has 32 heavy (non-hydrogen) atoms. The van der Waals surface area contributed by atoms with Crippen LogP contribution >= 0.6 is 7.82 Å². The van der Waals surface area contributed by atoms with Gasteiger partial charge in [0.1, 0.15) is 6.61 Å². The quantitative estimate of drug-likeness (QED) is 0.129. The minimum Gasteiger partial charge on any atom is -0.462 e. The molecule has 0 aromatic carbocycles. The number of rotatable bonds is 22. The predicted octanol–water partition coefficient (Wildman–Crippen LogP) is 4.64. The molecule has 190 valence electrons. The van der Waals surface area contributed by atoms with Gasteiger partial charge in [0.2, 0.25) is 0 Å². The number of hydrogen-bond donors (Lipinski definition) is 2. The van der Waals surface area contributed by atoms with Gasteiger partial charge in [0.05, 0.1) is 13.2 Å². The molecule has 0 amide bonds. The van der Waals surface area contributed by atoms with Crippen molar-refractivity contribution in [1.29, 1.82) is 0 Å². The van der Waals surface area contributed by atoms with Gasteiger partial charge in [-0.25, -0.2) is 4.57 Å². The van der Waals surface area contributed by atoms with E-state index in [9.17, 15) is 19.0 Å². The van der Waals surface area contributed by atoms with E-state index in [0.717, 1.165) is 32.1 Å². The minimum atomic E-state index is -4.33. The Morgan fingerprint density at radius 3 is 1.97 bits per heavy atom. The molecule has 0 aliphatic carbocycles. The van der Waals surface area contributed by atoms with Gasteiger partial charge in [-0.15, -0.1) is 0 Å². The fourth-order valence-electron chi connectivity index (χ4n) is 2.92. The highest BCUT2D eigenvalue weighted by atomic mass is 31.2. The molecule has 0 saturated heterocycles. The lowest BCUT2D eigenvalue weighted by Crippen LogP contribution is -2.29. The highest BCUT2D eigenvalue weighted by Gasteiger charge is 2.25. The molecule has 0 spiro atoms. The molecule has 2 unspecified atom stereocenters. The van der Waals surface area contributed by atoms with Gasteiger partial charge in [-0.1, -0.05) is 71.6 Å². The number of phosphoric acid groups is 1. The van der Waals surface area contributed by atoms with Crippen LogP contribution in [0, 0.1) is 0 Å². The molecule has 9 nitrogen and oxygen atoms in total. The van der Waals surface area contributed by atoms with Crippen molar-refractivity contribution in [3.63, 3.8) is 0 Å². The first-order chi connectivity index (χ1) is 15.3. The van der Waals surface area contributed by atoms with Crippen molar-refractivity contribution in [2.75, 3.05) is 26.4 Å². The molecule has 0 aromatic rings. The van der Waals surface area contributed by atoms with E-state index >= 15 is 0 Å². The maximum absolute atomic E-state index is 12.2. The summed E-state index contributed by atoms with van der Waals surface area (Å²) in [4.78, 5) is 33.7. The summed E-state index contributed by atoms with van der Waals surface area (Å²) in [7, 11) is -4.33. The Bertz CT molecular complexity index is 532. The van der Waals surface area contributed by atoms with Crippen LogP contribution in [-0.2, 0) is 32.7 Å². The zero-order chi connectivity index (χ0) is 24.1. The molecule has 0 aliphatic heterocycles. The van der Waals surface area contributed by atoms with E-state index in [2.05, 4.69) is 11.4 Å². The fourth-order valence-corrected chi connectivity index (χ4v) is 3.69. The van der Waals surface area contributed by atoms with Gasteiger partial charge in [0.25, 0.3) is 0 Å². The van der Waals surface area contributed by atoms with Gasteiger partial charge in [0, 0.05) is 19.4 Å². The number of phosphoric ester groups is 1. The molecule has 2 atom stereocenters. The number of unbranched alkanes of at least 4 members (excludes halogenated alkanes) is 9. The highest BCUT2D eigenvalue weighted by molar-refractivity contribution is 7.47. The van der Waals surface area contributed by atoms with E-state index in [1.165, 1.54) is 25.7 Å². The second-order valence-corrected chi connectivity index (χ2v) is 9.32. The molecule has 0 radical (unpaired) electrons. The topological polar surface area (TPSA) is 134 Å². The van der Waals surface area contributed by atoms with Gasteiger partial charge >= 0.3 is 19.8 Å². The van der Waals surface area contributed by atoms with E-state index in [4.69, 9.17) is 19.7 Å². The Balaban J connectivity index is 4.41. The number of nitrogens with two attached hydrogens (primary N) is 1. The molecule has 0 fully saturated rings. The van der Waals surface area contributed by atoms with E-state index in [1.807, 2.05) is 6.92 Å². The van der Waals surface area contributed by atoms with Crippen LogP contribution in [0.5, 0.6) is 0 Å². The van der Waals surface area contributed by atoms with Crippen LogP contribution in [0.4, 0.5) is 0 Å². The van der Waals surface area contributed by atoms with Crippen LogP contribution in [-0.4, -0.2) is 49.3 Å². The van der Waals surface area contributed by atoms with E-state index in [1.54, 1.807) is 0 Å². The summed E-state index contributed by atoms with van der Waals surface area (Å²) in [6, 6.07) is 0. The van der Waals surface area contributed by atoms with E-state index in [-0.39, 0.29) is 32.6 Å². The number of carbonyl (C=O) groups excluding carboxylic acids is 2. The molecule has 0 rings (SSSR count). The monoisotopic (exact) mass is 481 g/mol. The van der Waals surface area contributed by atoms with Crippen molar-refractivity contribution in [2.45, 2.75) is 103 Å². The highest BCUT2D eigenvalue weighted by Crippen LogP contribution is 2.43. The summed E-state index contributed by atoms with van der Waals surface area (Å²) in [5.74, 6) is -0.864. The molecule has 0 saturated carbocycles.